The van der Waals surface area contributed by atoms with Crippen LogP contribution in [0.3, 0.4) is 0 Å². The molecule has 7 nitrogen and oxygen atoms in total. The van der Waals surface area contributed by atoms with Crippen molar-refractivity contribution in [1.29, 1.82) is 5.26 Å². The molecule has 1 aliphatic heterocycles. The number of rotatable bonds is 10. The minimum Gasteiger partial charge on any atom is -0.492 e. The Hall–Kier alpha value is -2.73. The number of aromatic nitrogens is 1. The second-order valence-electron chi connectivity index (χ2n) is 9.40. The van der Waals surface area contributed by atoms with Crippen molar-refractivity contribution in [2.45, 2.75) is 26.2 Å². The molecule has 0 saturated carbocycles. The lowest BCUT2D eigenvalue weighted by molar-refractivity contribution is 0.161. The van der Waals surface area contributed by atoms with Gasteiger partial charge in [0.2, 0.25) is 0 Å². The van der Waals surface area contributed by atoms with Gasteiger partial charge in [-0.05, 0) is 74.7 Å². The molecule has 2 heterocycles. The fourth-order valence-electron chi connectivity index (χ4n) is 4.69. The first-order valence-corrected chi connectivity index (χ1v) is 14.7. The zero-order chi connectivity index (χ0) is 25.7. The maximum absolute atomic E-state index is 11.5. The van der Waals surface area contributed by atoms with Crippen LogP contribution in [0.15, 0.2) is 42.6 Å². The molecular weight excluding hydrogens is 498 g/mol. The molecule has 1 saturated heterocycles. The van der Waals surface area contributed by atoms with Crippen molar-refractivity contribution in [2.24, 2.45) is 5.92 Å². The summed E-state index contributed by atoms with van der Waals surface area (Å²) >= 11 is 6.46. The predicted octanol–water partition coefficient (Wildman–Crippen LogP) is 5.08. The molecule has 0 aliphatic carbocycles. The van der Waals surface area contributed by atoms with Gasteiger partial charge in [0.25, 0.3) is 0 Å². The number of fused-ring (bicyclic) bond motifs is 1. The Morgan fingerprint density at radius 1 is 1.11 bits per heavy atom. The smallest absolute Gasteiger partial charge is 0.155 e. The molecular formula is C27H32ClN3O4S. The lowest BCUT2D eigenvalue weighted by atomic mass is 9.99. The number of benzene rings is 2. The molecule has 9 heteroatoms. The Morgan fingerprint density at radius 3 is 2.58 bits per heavy atom. The second-order valence-corrected chi connectivity index (χ2v) is 12.0. The summed E-state index contributed by atoms with van der Waals surface area (Å²) in [4.78, 5) is 2.33. The lowest BCUT2D eigenvalue weighted by Gasteiger charge is -2.31. The molecule has 36 heavy (non-hydrogen) atoms. The third-order valence-corrected chi connectivity index (χ3v) is 7.82. The summed E-state index contributed by atoms with van der Waals surface area (Å²) in [6.45, 7) is 5.70. The molecule has 1 fully saturated rings. The van der Waals surface area contributed by atoms with Gasteiger partial charge in [-0.15, -0.1) is 0 Å². The zero-order valence-corrected chi connectivity index (χ0v) is 22.3. The number of hydrogen-bond acceptors (Lipinski definition) is 6. The normalized spacial score (nSPS) is 15.2. The summed E-state index contributed by atoms with van der Waals surface area (Å²) in [5, 5.41) is 11.0. The highest BCUT2D eigenvalue weighted by molar-refractivity contribution is 7.90. The van der Waals surface area contributed by atoms with Crippen LogP contribution in [0, 0.1) is 17.2 Å². The second kappa shape index (κ2) is 11.5. The molecule has 0 radical (unpaired) electrons. The van der Waals surface area contributed by atoms with Gasteiger partial charge in [-0.2, -0.15) is 5.26 Å². The van der Waals surface area contributed by atoms with E-state index in [1.807, 2.05) is 48.0 Å². The molecule has 0 N–H and O–H groups in total. The Kier molecular flexibility index (Phi) is 8.45. The van der Waals surface area contributed by atoms with Gasteiger partial charge >= 0.3 is 0 Å². The van der Waals surface area contributed by atoms with Crippen LogP contribution in [0.25, 0.3) is 16.6 Å². The average Bonchev–Trinajstić information content (AvgIpc) is 3.26. The number of nitriles is 1. The number of ether oxygens (including phenoxy) is 2. The molecule has 0 amide bonds. The van der Waals surface area contributed by atoms with Crippen LogP contribution in [-0.4, -0.2) is 62.7 Å². The van der Waals surface area contributed by atoms with Crippen molar-refractivity contribution < 1.29 is 17.9 Å². The lowest BCUT2D eigenvalue weighted by Crippen LogP contribution is -2.38. The van der Waals surface area contributed by atoms with E-state index in [1.54, 1.807) is 6.07 Å². The van der Waals surface area contributed by atoms with Crippen LogP contribution in [0.2, 0.25) is 5.02 Å². The van der Waals surface area contributed by atoms with E-state index in [1.165, 1.54) is 6.26 Å². The van der Waals surface area contributed by atoms with Crippen LogP contribution in [0.4, 0.5) is 0 Å². The number of hydrogen-bond donors (Lipinski definition) is 0. The van der Waals surface area contributed by atoms with Crippen molar-refractivity contribution >= 4 is 32.3 Å². The SMILES string of the molecule is CCCOc1c(Cl)cc(-n2ccc3cc(OCCN4CCC(CS(C)(=O)=O)CC4)ccc32)cc1C#N. The van der Waals surface area contributed by atoms with Gasteiger partial charge in [-0.1, -0.05) is 18.5 Å². The standard InChI is InChI=1S/C27H32ClN3O4S/c1-3-13-35-27-22(18-29)15-23(17-25(27)28)31-11-8-21-16-24(4-5-26(21)31)34-14-12-30-9-6-20(7-10-30)19-36(2,32)33/h4-5,8,11,15-17,20H,3,6-7,9-10,12-14,19H2,1-2H3. The summed E-state index contributed by atoms with van der Waals surface area (Å²) in [6.07, 6.45) is 5.93. The third-order valence-electron chi connectivity index (χ3n) is 6.46. The van der Waals surface area contributed by atoms with Crippen LogP contribution in [0.1, 0.15) is 31.7 Å². The zero-order valence-electron chi connectivity index (χ0n) is 20.7. The number of piperidine rings is 1. The third kappa shape index (κ3) is 6.52. The largest absolute Gasteiger partial charge is 0.492 e. The number of likely N-dealkylation sites (tertiary alicyclic amines) is 1. The van der Waals surface area contributed by atoms with Crippen molar-refractivity contribution in [2.75, 3.05) is 44.9 Å². The monoisotopic (exact) mass is 529 g/mol. The van der Waals surface area contributed by atoms with Crippen LogP contribution in [0.5, 0.6) is 11.5 Å². The van der Waals surface area contributed by atoms with Gasteiger partial charge < -0.3 is 14.0 Å². The maximum atomic E-state index is 11.5. The highest BCUT2D eigenvalue weighted by Gasteiger charge is 2.22. The van der Waals surface area contributed by atoms with E-state index in [9.17, 15) is 13.7 Å². The molecule has 2 aromatic carbocycles. The first-order chi connectivity index (χ1) is 17.3. The van der Waals surface area contributed by atoms with Gasteiger partial charge in [0.05, 0.1) is 28.5 Å². The number of nitrogens with zero attached hydrogens (tertiary/aromatic N) is 3. The molecule has 192 valence electrons. The summed E-state index contributed by atoms with van der Waals surface area (Å²) in [5.41, 5.74) is 2.19. The van der Waals surface area contributed by atoms with Crippen molar-refractivity contribution in [3.63, 3.8) is 0 Å². The van der Waals surface area contributed by atoms with Gasteiger partial charge in [0.1, 0.15) is 28.3 Å². The van der Waals surface area contributed by atoms with Gasteiger partial charge in [-0.3, -0.25) is 4.90 Å². The van der Waals surface area contributed by atoms with Crippen LogP contribution < -0.4 is 9.47 Å². The molecule has 1 aromatic heterocycles. The average molecular weight is 530 g/mol. The van der Waals surface area contributed by atoms with Crippen molar-refractivity contribution in [3.05, 3.63) is 53.2 Å². The Bertz CT molecular complexity index is 1360. The van der Waals surface area contributed by atoms with E-state index in [0.717, 1.165) is 61.2 Å². The van der Waals surface area contributed by atoms with E-state index >= 15 is 0 Å². The van der Waals surface area contributed by atoms with E-state index in [4.69, 9.17) is 21.1 Å². The molecule has 0 spiro atoms. The van der Waals surface area contributed by atoms with Crippen LogP contribution >= 0.6 is 11.6 Å². The van der Waals surface area contributed by atoms with E-state index in [2.05, 4.69) is 11.0 Å². The van der Waals surface area contributed by atoms with Gasteiger partial charge in [0.15, 0.2) is 5.75 Å². The minimum absolute atomic E-state index is 0.266. The minimum atomic E-state index is -2.91. The number of sulfone groups is 1. The summed E-state index contributed by atoms with van der Waals surface area (Å²) in [6, 6.07) is 13.8. The fraction of sp³-hybridized carbons (Fsp3) is 0.444. The molecule has 0 bridgehead atoms. The van der Waals surface area contributed by atoms with Gasteiger partial charge in [-0.25, -0.2) is 8.42 Å². The quantitative estimate of drug-likeness (QED) is 0.364. The highest BCUT2D eigenvalue weighted by Crippen LogP contribution is 2.33. The molecule has 0 unspecified atom stereocenters. The number of halogens is 1. The molecule has 4 rings (SSSR count). The fourth-order valence-corrected chi connectivity index (χ4v) is 6.14. The summed E-state index contributed by atoms with van der Waals surface area (Å²) in [7, 11) is -2.91. The highest BCUT2D eigenvalue weighted by atomic mass is 35.5. The van der Waals surface area contributed by atoms with E-state index < -0.39 is 9.84 Å². The maximum Gasteiger partial charge on any atom is 0.155 e. The topological polar surface area (TPSA) is 84.6 Å². The van der Waals surface area contributed by atoms with Crippen molar-refractivity contribution in [3.8, 4) is 23.3 Å². The predicted molar refractivity (Wildman–Crippen MR) is 143 cm³/mol. The van der Waals surface area contributed by atoms with E-state index in [-0.39, 0.29) is 11.7 Å². The molecule has 1 aliphatic rings. The van der Waals surface area contributed by atoms with E-state index in [0.29, 0.717) is 29.5 Å². The Balaban J connectivity index is 1.38. The van der Waals surface area contributed by atoms with Crippen molar-refractivity contribution in [1.82, 2.24) is 9.47 Å². The first-order valence-electron chi connectivity index (χ1n) is 12.3. The summed E-state index contributed by atoms with van der Waals surface area (Å²) in [5.74, 6) is 1.78. The first kappa shape index (κ1) is 26.3. The van der Waals surface area contributed by atoms with Crippen LogP contribution in [-0.2, 0) is 9.84 Å². The van der Waals surface area contributed by atoms with Gasteiger partial charge in [0, 0.05) is 30.1 Å². The Morgan fingerprint density at radius 2 is 1.89 bits per heavy atom. The molecule has 0 atom stereocenters. The molecule has 3 aromatic rings. The summed E-state index contributed by atoms with van der Waals surface area (Å²) < 4.78 is 36.7. The Labute approximate surface area is 218 Å².